The summed E-state index contributed by atoms with van der Waals surface area (Å²) in [6.45, 7) is 2.32. The van der Waals surface area contributed by atoms with Gasteiger partial charge in [-0.05, 0) is 42.3 Å². The number of hydrogen-bond donors (Lipinski definition) is 1. The third-order valence-corrected chi connectivity index (χ3v) is 3.43. The van der Waals surface area contributed by atoms with Gasteiger partial charge in [0, 0.05) is 24.8 Å². The second-order valence-electron chi connectivity index (χ2n) is 4.92. The number of carbonyl (C=O) groups excluding carboxylic acids is 2. The maximum absolute atomic E-state index is 12.4. The van der Waals surface area contributed by atoms with E-state index in [0.717, 1.165) is 16.8 Å². The molecule has 1 N–H and O–H groups in total. The maximum atomic E-state index is 12.4. The molecule has 1 aromatic heterocycles. The van der Waals surface area contributed by atoms with Crippen LogP contribution in [0.3, 0.4) is 0 Å². The zero-order chi connectivity index (χ0) is 14.3. The van der Waals surface area contributed by atoms with E-state index in [1.807, 2.05) is 6.92 Å². The lowest BCUT2D eigenvalue weighted by Crippen LogP contribution is -2.35. The van der Waals surface area contributed by atoms with Gasteiger partial charge in [0.05, 0.1) is 6.26 Å². The van der Waals surface area contributed by atoms with E-state index in [-0.39, 0.29) is 11.8 Å². The molecule has 0 bridgehead atoms. The van der Waals surface area contributed by atoms with Gasteiger partial charge in [0.25, 0.3) is 0 Å². The Hall–Kier alpha value is -2.56. The summed E-state index contributed by atoms with van der Waals surface area (Å²) < 4.78 is 5.23. The van der Waals surface area contributed by atoms with Crippen LogP contribution in [0.1, 0.15) is 27.2 Å². The van der Waals surface area contributed by atoms with E-state index in [1.54, 1.807) is 36.2 Å². The Morgan fingerprint density at radius 3 is 2.85 bits per heavy atom. The van der Waals surface area contributed by atoms with Gasteiger partial charge in [-0.2, -0.15) is 0 Å². The van der Waals surface area contributed by atoms with Gasteiger partial charge in [0.15, 0.2) is 5.76 Å². The molecule has 102 valence electrons. The van der Waals surface area contributed by atoms with Gasteiger partial charge < -0.3 is 14.6 Å². The third kappa shape index (κ3) is 1.97. The van der Waals surface area contributed by atoms with Crippen LogP contribution in [0.5, 0.6) is 0 Å². The SMILES string of the molecule is Cc1ccoc1C(=O)c1ccc2c(c1)CN(C)C(=O)N2. The number of amides is 2. The van der Waals surface area contributed by atoms with Crippen LogP contribution in [0.25, 0.3) is 0 Å². The molecule has 1 aliphatic heterocycles. The monoisotopic (exact) mass is 270 g/mol. The fourth-order valence-corrected chi connectivity index (χ4v) is 2.26. The van der Waals surface area contributed by atoms with Gasteiger partial charge >= 0.3 is 6.03 Å². The first-order valence-electron chi connectivity index (χ1n) is 6.30. The van der Waals surface area contributed by atoms with Crippen molar-refractivity contribution in [3.8, 4) is 0 Å². The van der Waals surface area contributed by atoms with Crippen LogP contribution in [0, 0.1) is 6.92 Å². The molecule has 3 rings (SSSR count). The van der Waals surface area contributed by atoms with E-state index < -0.39 is 0 Å². The molecular formula is C15H14N2O3. The van der Waals surface area contributed by atoms with E-state index in [0.29, 0.717) is 17.9 Å². The predicted molar refractivity (Wildman–Crippen MR) is 73.8 cm³/mol. The normalized spacial score (nSPS) is 13.9. The minimum absolute atomic E-state index is 0.140. The number of urea groups is 1. The van der Waals surface area contributed by atoms with Crippen molar-refractivity contribution in [2.24, 2.45) is 0 Å². The number of carbonyl (C=O) groups is 2. The van der Waals surface area contributed by atoms with E-state index in [1.165, 1.54) is 6.26 Å². The molecule has 20 heavy (non-hydrogen) atoms. The topological polar surface area (TPSA) is 62.6 Å². The molecule has 5 heteroatoms. The average Bonchev–Trinajstić information content (AvgIpc) is 2.85. The first kappa shape index (κ1) is 12.5. The van der Waals surface area contributed by atoms with E-state index >= 15 is 0 Å². The number of anilines is 1. The van der Waals surface area contributed by atoms with Gasteiger partial charge in [0.1, 0.15) is 0 Å². The maximum Gasteiger partial charge on any atom is 0.321 e. The number of nitrogens with one attached hydrogen (secondary N) is 1. The number of ketones is 1. The lowest BCUT2D eigenvalue weighted by molar-refractivity contribution is 0.101. The summed E-state index contributed by atoms with van der Waals surface area (Å²) >= 11 is 0. The molecule has 0 atom stereocenters. The predicted octanol–water partition coefficient (Wildman–Crippen LogP) is 2.80. The first-order valence-corrected chi connectivity index (χ1v) is 6.30. The van der Waals surface area contributed by atoms with Crippen LogP contribution in [-0.2, 0) is 6.54 Å². The molecule has 1 aromatic carbocycles. The summed E-state index contributed by atoms with van der Waals surface area (Å²) in [7, 11) is 1.71. The van der Waals surface area contributed by atoms with Gasteiger partial charge in [-0.3, -0.25) is 4.79 Å². The Morgan fingerprint density at radius 2 is 2.15 bits per heavy atom. The Bertz CT molecular complexity index is 703. The van der Waals surface area contributed by atoms with Crippen LogP contribution < -0.4 is 5.32 Å². The third-order valence-electron chi connectivity index (χ3n) is 3.43. The number of rotatable bonds is 2. The zero-order valence-electron chi connectivity index (χ0n) is 11.3. The van der Waals surface area contributed by atoms with Crippen molar-refractivity contribution in [1.82, 2.24) is 4.90 Å². The fourth-order valence-electron chi connectivity index (χ4n) is 2.26. The molecule has 0 saturated heterocycles. The Labute approximate surface area is 116 Å². The van der Waals surface area contributed by atoms with E-state index in [9.17, 15) is 9.59 Å². The Morgan fingerprint density at radius 1 is 1.35 bits per heavy atom. The van der Waals surface area contributed by atoms with Crippen LogP contribution in [0.15, 0.2) is 34.9 Å². The number of fused-ring (bicyclic) bond motifs is 1. The highest BCUT2D eigenvalue weighted by atomic mass is 16.3. The van der Waals surface area contributed by atoms with Gasteiger partial charge in [-0.25, -0.2) is 4.79 Å². The Kier molecular flexibility index (Phi) is 2.82. The molecule has 0 unspecified atom stereocenters. The molecule has 5 nitrogen and oxygen atoms in total. The smallest absolute Gasteiger partial charge is 0.321 e. The first-order chi connectivity index (χ1) is 9.56. The minimum Gasteiger partial charge on any atom is -0.461 e. The molecule has 1 aliphatic rings. The lowest BCUT2D eigenvalue weighted by Gasteiger charge is -2.26. The fraction of sp³-hybridized carbons (Fsp3) is 0.200. The van der Waals surface area contributed by atoms with Crippen molar-refractivity contribution in [2.75, 3.05) is 12.4 Å². The minimum atomic E-state index is -0.144. The van der Waals surface area contributed by atoms with Gasteiger partial charge in [-0.15, -0.1) is 0 Å². The largest absolute Gasteiger partial charge is 0.461 e. The van der Waals surface area contributed by atoms with Crippen LogP contribution in [0.4, 0.5) is 10.5 Å². The van der Waals surface area contributed by atoms with E-state index in [2.05, 4.69) is 5.32 Å². The van der Waals surface area contributed by atoms with Crippen molar-refractivity contribution >= 4 is 17.5 Å². The van der Waals surface area contributed by atoms with Crippen molar-refractivity contribution < 1.29 is 14.0 Å². The molecule has 2 amide bonds. The van der Waals surface area contributed by atoms with Crippen molar-refractivity contribution in [3.05, 3.63) is 53.0 Å². The van der Waals surface area contributed by atoms with Gasteiger partial charge in [0.2, 0.25) is 5.78 Å². The number of benzene rings is 1. The number of aryl methyl sites for hydroxylation is 1. The molecule has 0 fully saturated rings. The number of hydrogen-bond acceptors (Lipinski definition) is 3. The van der Waals surface area contributed by atoms with Gasteiger partial charge in [-0.1, -0.05) is 0 Å². The number of nitrogens with zero attached hydrogens (tertiary/aromatic N) is 1. The summed E-state index contributed by atoms with van der Waals surface area (Å²) in [5.41, 5.74) is 3.05. The highest BCUT2D eigenvalue weighted by Gasteiger charge is 2.22. The van der Waals surface area contributed by atoms with Crippen LogP contribution >= 0.6 is 0 Å². The highest BCUT2D eigenvalue weighted by Crippen LogP contribution is 2.25. The summed E-state index contributed by atoms with van der Waals surface area (Å²) in [5.74, 6) is 0.216. The summed E-state index contributed by atoms with van der Waals surface area (Å²) in [6.07, 6.45) is 1.51. The number of furan rings is 1. The quantitative estimate of drug-likeness (QED) is 0.853. The molecule has 2 heterocycles. The van der Waals surface area contributed by atoms with Crippen LogP contribution in [0.2, 0.25) is 0 Å². The summed E-state index contributed by atoms with van der Waals surface area (Å²) in [6, 6.07) is 6.88. The van der Waals surface area contributed by atoms with Crippen molar-refractivity contribution in [3.63, 3.8) is 0 Å². The van der Waals surface area contributed by atoms with Crippen molar-refractivity contribution in [2.45, 2.75) is 13.5 Å². The second kappa shape index (κ2) is 4.52. The van der Waals surface area contributed by atoms with Crippen molar-refractivity contribution in [1.29, 1.82) is 0 Å². The van der Waals surface area contributed by atoms with Crippen LogP contribution in [-0.4, -0.2) is 23.8 Å². The standard InChI is InChI=1S/C15H14N2O3/c1-9-5-6-20-14(9)13(18)10-3-4-12-11(7-10)8-17(2)15(19)16-12/h3-7H,8H2,1-2H3,(H,16,19). The molecular weight excluding hydrogens is 256 g/mol. The Balaban J connectivity index is 1.97. The molecule has 0 radical (unpaired) electrons. The molecule has 2 aromatic rings. The lowest BCUT2D eigenvalue weighted by atomic mass is 10.0. The van der Waals surface area contributed by atoms with E-state index in [4.69, 9.17) is 4.42 Å². The second-order valence-corrected chi connectivity index (χ2v) is 4.92. The summed E-state index contributed by atoms with van der Waals surface area (Å²) in [5, 5.41) is 2.77. The summed E-state index contributed by atoms with van der Waals surface area (Å²) in [4.78, 5) is 25.5. The molecule has 0 saturated carbocycles. The average molecular weight is 270 g/mol. The zero-order valence-corrected chi connectivity index (χ0v) is 11.3. The highest BCUT2D eigenvalue weighted by molar-refractivity contribution is 6.08. The molecule has 0 spiro atoms. The molecule has 0 aliphatic carbocycles.